The average molecular weight is 467 g/mol. The van der Waals surface area contributed by atoms with Crippen LogP contribution in [0.2, 0.25) is 10.0 Å². The van der Waals surface area contributed by atoms with Crippen molar-refractivity contribution >= 4 is 40.9 Å². The first-order valence-corrected chi connectivity index (χ1v) is 10.8. The standard InChI is InChI=1S/C22H24Cl2N2O5/c1-3-30-19-9-13-7-8-26(22(29)25-17-10-14(23)5-6-16(17)24)18(12-21(27)28)15(13)11-20(19)31-4-2/h5-6,9-11,18H,3-4,7-8,12H2,1-2H3,(H,25,29)(H,27,28)/t18-/m1/s1. The van der Waals surface area contributed by atoms with E-state index in [-0.39, 0.29) is 6.42 Å². The van der Waals surface area contributed by atoms with E-state index in [2.05, 4.69) is 5.32 Å². The lowest BCUT2D eigenvalue weighted by molar-refractivity contribution is -0.138. The molecule has 2 aromatic rings. The smallest absolute Gasteiger partial charge is 0.322 e. The third kappa shape index (κ3) is 5.35. The molecule has 0 aromatic heterocycles. The van der Waals surface area contributed by atoms with Crippen LogP contribution >= 0.6 is 23.2 Å². The summed E-state index contributed by atoms with van der Waals surface area (Å²) in [6.45, 7) is 4.99. The van der Waals surface area contributed by atoms with Gasteiger partial charge in [-0.1, -0.05) is 23.2 Å². The number of anilines is 1. The van der Waals surface area contributed by atoms with Crippen molar-refractivity contribution in [1.29, 1.82) is 0 Å². The van der Waals surface area contributed by atoms with Crippen molar-refractivity contribution < 1.29 is 24.2 Å². The van der Waals surface area contributed by atoms with Crippen molar-refractivity contribution in [2.75, 3.05) is 25.1 Å². The molecule has 0 saturated heterocycles. The summed E-state index contributed by atoms with van der Waals surface area (Å²) in [5.41, 5.74) is 2.02. The van der Waals surface area contributed by atoms with Gasteiger partial charge in [0.1, 0.15) is 0 Å². The second-order valence-electron chi connectivity index (χ2n) is 6.98. The number of urea groups is 1. The number of carbonyl (C=O) groups is 2. The third-order valence-corrected chi connectivity index (χ3v) is 5.53. The van der Waals surface area contributed by atoms with Gasteiger partial charge in [-0.15, -0.1) is 0 Å². The van der Waals surface area contributed by atoms with E-state index in [0.717, 1.165) is 11.1 Å². The van der Waals surface area contributed by atoms with Gasteiger partial charge in [-0.3, -0.25) is 4.79 Å². The molecule has 1 heterocycles. The molecule has 2 amide bonds. The molecule has 0 saturated carbocycles. The Hall–Kier alpha value is -2.64. The van der Waals surface area contributed by atoms with Crippen molar-refractivity contribution in [2.24, 2.45) is 0 Å². The fourth-order valence-corrected chi connectivity index (χ4v) is 3.99. The van der Waals surface area contributed by atoms with Crippen LogP contribution in [-0.4, -0.2) is 41.8 Å². The number of hydrogen-bond donors (Lipinski definition) is 2. The van der Waals surface area contributed by atoms with E-state index >= 15 is 0 Å². The molecule has 0 aliphatic carbocycles. The van der Waals surface area contributed by atoms with Crippen LogP contribution in [0.5, 0.6) is 11.5 Å². The van der Waals surface area contributed by atoms with Crippen molar-refractivity contribution in [3.8, 4) is 11.5 Å². The van der Waals surface area contributed by atoms with Gasteiger partial charge >= 0.3 is 12.0 Å². The highest BCUT2D eigenvalue weighted by molar-refractivity contribution is 6.35. The van der Waals surface area contributed by atoms with E-state index < -0.39 is 18.0 Å². The van der Waals surface area contributed by atoms with Crippen LogP contribution in [-0.2, 0) is 11.2 Å². The fourth-order valence-electron chi connectivity index (χ4n) is 3.65. The van der Waals surface area contributed by atoms with Crippen LogP contribution in [0.3, 0.4) is 0 Å². The Labute approximate surface area is 190 Å². The molecule has 0 fully saturated rings. The van der Waals surface area contributed by atoms with Crippen LogP contribution < -0.4 is 14.8 Å². The number of rotatable bonds is 7. The van der Waals surface area contributed by atoms with Crippen molar-refractivity contribution in [2.45, 2.75) is 32.7 Å². The number of halogens is 2. The number of carboxylic acid groups (broad SMARTS) is 1. The van der Waals surface area contributed by atoms with Crippen molar-refractivity contribution in [3.63, 3.8) is 0 Å². The zero-order valence-electron chi connectivity index (χ0n) is 17.3. The lowest BCUT2D eigenvalue weighted by Gasteiger charge is -2.37. The van der Waals surface area contributed by atoms with Gasteiger partial charge in [-0.25, -0.2) is 4.79 Å². The maximum absolute atomic E-state index is 13.1. The Morgan fingerprint density at radius 1 is 1.13 bits per heavy atom. The number of carbonyl (C=O) groups excluding carboxylic acids is 1. The monoisotopic (exact) mass is 466 g/mol. The zero-order valence-corrected chi connectivity index (χ0v) is 18.8. The third-order valence-electron chi connectivity index (χ3n) is 4.96. The van der Waals surface area contributed by atoms with Crippen LogP contribution in [0.15, 0.2) is 30.3 Å². The number of aliphatic carboxylic acids is 1. The molecule has 9 heteroatoms. The largest absolute Gasteiger partial charge is 0.490 e. The highest BCUT2D eigenvalue weighted by atomic mass is 35.5. The van der Waals surface area contributed by atoms with E-state index in [1.807, 2.05) is 19.9 Å². The number of nitrogens with one attached hydrogen (secondary N) is 1. The number of hydrogen-bond acceptors (Lipinski definition) is 4. The van der Waals surface area contributed by atoms with Crippen LogP contribution in [0, 0.1) is 0 Å². The molecule has 1 atom stereocenters. The van der Waals surface area contributed by atoms with Gasteiger partial charge in [0.05, 0.1) is 36.4 Å². The number of nitrogens with zero attached hydrogens (tertiary/aromatic N) is 1. The van der Waals surface area contributed by atoms with Crippen LogP contribution in [0.25, 0.3) is 0 Å². The molecule has 3 rings (SSSR count). The molecule has 0 bridgehead atoms. The highest BCUT2D eigenvalue weighted by Gasteiger charge is 2.34. The molecule has 1 aliphatic rings. The average Bonchev–Trinajstić information content (AvgIpc) is 2.71. The van der Waals surface area contributed by atoms with Crippen molar-refractivity contribution in [1.82, 2.24) is 4.90 Å². The van der Waals surface area contributed by atoms with Crippen LogP contribution in [0.1, 0.15) is 37.4 Å². The fraction of sp³-hybridized carbons (Fsp3) is 0.364. The van der Waals surface area contributed by atoms with E-state index in [9.17, 15) is 14.7 Å². The van der Waals surface area contributed by atoms with Crippen LogP contribution in [0.4, 0.5) is 10.5 Å². The second-order valence-corrected chi connectivity index (χ2v) is 7.82. The predicted molar refractivity (Wildman–Crippen MR) is 120 cm³/mol. The summed E-state index contributed by atoms with van der Waals surface area (Å²) in [7, 11) is 0. The number of fused-ring (bicyclic) bond motifs is 1. The van der Waals surface area contributed by atoms with Gasteiger partial charge in [0.2, 0.25) is 0 Å². The van der Waals surface area contributed by atoms with E-state index in [1.54, 1.807) is 24.3 Å². The van der Waals surface area contributed by atoms with E-state index in [1.165, 1.54) is 4.90 Å². The number of ether oxygens (including phenoxy) is 2. The summed E-state index contributed by atoms with van der Waals surface area (Å²) in [5, 5.41) is 13.0. The first-order valence-electron chi connectivity index (χ1n) is 10.0. The number of amides is 2. The lowest BCUT2D eigenvalue weighted by atomic mass is 9.90. The van der Waals surface area contributed by atoms with E-state index in [4.69, 9.17) is 32.7 Å². The molecule has 2 aromatic carbocycles. The first-order chi connectivity index (χ1) is 14.8. The molecule has 2 N–H and O–H groups in total. The molecular formula is C22H24Cl2N2O5. The number of carboxylic acids is 1. The molecule has 0 radical (unpaired) electrons. The minimum Gasteiger partial charge on any atom is -0.490 e. The summed E-state index contributed by atoms with van der Waals surface area (Å²) in [4.78, 5) is 26.2. The normalized spacial score (nSPS) is 15.2. The first kappa shape index (κ1) is 23.0. The van der Waals surface area contributed by atoms with Gasteiger partial charge in [0.25, 0.3) is 0 Å². The lowest BCUT2D eigenvalue weighted by Crippen LogP contribution is -2.43. The molecule has 166 valence electrons. The Morgan fingerprint density at radius 2 is 1.81 bits per heavy atom. The minimum absolute atomic E-state index is 0.247. The molecular weight excluding hydrogens is 443 g/mol. The van der Waals surface area contributed by atoms with Crippen molar-refractivity contribution in [3.05, 3.63) is 51.5 Å². The van der Waals surface area contributed by atoms with E-state index in [0.29, 0.717) is 53.4 Å². The quantitative estimate of drug-likeness (QED) is 0.570. The molecule has 7 nitrogen and oxygen atoms in total. The molecule has 0 spiro atoms. The Bertz CT molecular complexity index is 983. The SMILES string of the molecule is CCOc1cc2c(cc1OCC)[C@@H](CC(=O)O)N(C(=O)Nc1cc(Cl)ccc1Cl)CC2. The topological polar surface area (TPSA) is 88.1 Å². The second kappa shape index (κ2) is 10.1. The van der Waals surface area contributed by atoms with Gasteiger partial charge in [-0.05, 0) is 61.7 Å². The maximum atomic E-state index is 13.1. The summed E-state index contributed by atoms with van der Waals surface area (Å²) >= 11 is 12.2. The highest BCUT2D eigenvalue weighted by Crippen LogP contribution is 2.40. The summed E-state index contributed by atoms with van der Waals surface area (Å²) in [6, 6.07) is 7.29. The summed E-state index contributed by atoms with van der Waals surface area (Å²) in [5.74, 6) is 0.128. The van der Waals surface area contributed by atoms with Gasteiger partial charge in [0, 0.05) is 11.6 Å². The number of benzene rings is 2. The molecule has 1 aliphatic heterocycles. The van der Waals surface area contributed by atoms with Gasteiger partial charge in [-0.2, -0.15) is 0 Å². The minimum atomic E-state index is -1.01. The molecule has 31 heavy (non-hydrogen) atoms. The summed E-state index contributed by atoms with van der Waals surface area (Å²) in [6.07, 6.45) is 0.303. The Balaban J connectivity index is 1.96. The zero-order chi connectivity index (χ0) is 22.5. The Kier molecular flexibility index (Phi) is 7.51. The van der Waals surface area contributed by atoms with Gasteiger partial charge < -0.3 is 24.8 Å². The molecule has 0 unspecified atom stereocenters. The summed E-state index contributed by atoms with van der Waals surface area (Å²) < 4.78 is 11.4. The maximum Gasteiger partial charge on any atom is 0.322 e. The van der Waals surface area contributed by atoms with Gasteiger partial charge in [0.15, 0.2) is 11.5 Å². The Morgan fingerprint density at radius 3 is 2.45 bits per heavy atom. The predicted octanol–water partition coefficient (Wildman–Crippen LogP) is 5.40.